The zero-order valence-corrected chi connectivity index (χ0v) is 9.45. The number of nitrogens with two attached hydrogens (primary N) is 1. The minimum absolute atomic E-state index is 0.00737. The van der Waals surface area contributed by atoms with Gasteiger partial charge in [-0.2, -0.15) is 14.4 Å². The van der Waals surface area contributed by atoms with E-state index in [4.69, 9.17) is 15.6 Å². The molecule has 8 heteroatoms. The monoisotopic (exact) mass is 253 g/mol. The van der Waals surface area contributed by atoms with Crippen LogP contribution in [-0.4, -0.2) is 37.3 Å². The Morgan fingerprint density at radius 2 is 2.33 bits per heavy atom. The maximum absolute atomic E-state index is 13.2. The summed E-state index contributed by atoms with van der Waals surface area (Å²) in [6.45, 7) is -0.0331. The molecule has 0 bridgehead atoms. The highest BCUT2D eigenvalue weighted by Gasteiger charge is 2.27. The average Bonchev–Trinajstić information content (AvgIpc) is 2.93. The molecule has 3 heterocycles. The second-order valence-electron chi connectivity index (χ2n) is 4.17. The summed E-state index contributed by atoms with van der Waals surface area (Å²) in [7, 11) is 0. The molecule has 96 valence electrons. The molecule has 2 aromatic heterocycles. The van der Waals surface area contributed by atoms with Gasteiger partial charge in [-0.15, -0.1) is 0 Å². The molecule has 0 aliphatic carbocycles. The molecule has 3 rings (SSSR count). The number of nitrogens with zero attached hydrogens (tertiary/aromatic N) is 4. The molecule has 1 saturated heterocycles. The molecule has 0 spiro atoms. The van der Waals surface area contributed by atoms with E-state index < -0.39 is 6.08 Å². The van der Waals surface area contributed by atoms with E-state index in [1.807, 2.05) is 0 Å². The second-order valence-corrected chi connectivity index (χ2v) is 4.17. The van der Waals surface area contributed by atoms with Gasteiger partial charge in [0, 0.05) is 0 Å². The van der Waals surface area contributed by atoms with E-state index in [9.17, 15) is 4.39 Å². The maximum Gasteiger partial charge on any atom is 0.312 e. The number of fused-ring (bicyclic) bond motifs is 1. The summed E-state index contributed by atoms with van der Waals surface area (Å²) in [6.07, 6.45) is 1.56. The van der Waals surface area contributed by atoms with Crippen LogP contribution in [0, 0.1) is 6.08 Å². The number of hydrogen-bond acceptors (Lipinski definition) is 6. The third kappa shape index (κ3) is 1.70. The number of hydrogen-bond donors (Lipinski definition) is 2. The van der Waals surface area contributed by atoms with Crippen LogP contribution in [0.2, 0.25) is 0 Å². The smallest absolute Gasteiger partial charge is 0.312 e. The van der Waals surface area contributed by atoms with E-state index in [0.717, 1.165) is 6.42 Å². The second kappa shape index (κ2) is 4.14. The van der Waals surface area contributed by atoms with Crippen molar-refractivity contribution in [1.29, 1.82) is 0 Å². The lowest BCUT2D eigenvalue weighted by atomic mass is 10.2. The van der Waals surface area contributed by atoms with Crippen LogP contribution in [0.5, 0.6) is 0 Å². The van der Waals surface area contributed by atoms with Gasteiger partial charge in [-0.25, -0.2) is 4.98 Å². The lowest BCUT2D eigenvalue weighted by Gasteiger charge is -2.13. The van der Waals surface area contributed by atoms with Crippen molar-refractivity contribution < 1.29 is 14.2 Å². The fourth-order valence-corrected chi connectivity index (χ4v) is 2.15. The van der Waals surface area contributed by atoms with Crippen molar-refractivity contribution in [2.75, 3.05) is 12.3 Å². The molecule has 1 aliphatic rings. The van der Waals surface area contributed by atoms with Crippen LogP contribution in [-0.2, 0) is 4.74 Å². The molecular formula is C10H12FN5O2. The van der Waals surface area contributed by atoms with Crippen molar-refractivity contribution in [2.24, 2.45) is 0 Å². The number of aliphatic hydroxyl groups is 1. The minimum atomic E-state index is -0.890. The van der Waals surface area contributed by atoms with Crippen LogP contribution in [0.3, 0.4) is 0 Å². The predicted octanol–water partition coefficient (Wildman–Crippen LogP) is 0.217. The molecular weight excluding hydrogens is 241 g/mol. The largest absolute Gasteiger partial charge is 0.394 e. The van der Waals surface area contributed by atoms with Gasteiger partial charge in [0.2, 0.25) is 0 Å². The Morgan fingerprint density at radius 3 is 3.06 bits per heavy atom. The SMILES string of the molecule is Nc1nc(F)nc2c1ncn2C1CCC(CO)O1. The van der Waals surface area contributed by atoms with Crippen molar-refractivity contribution >= 4 is 17.0 Å². The molecule has 0 aromatic carbocycles. The third-order valence-corrected chi connectivity index (χ3v) is 3.02. The molecule has 1 aliphatic heterocycles. The topological polar surface area (TPSA) is 99.1 Å². The van der Waals surface area contributed by atoms with Crippen molar-refractivity contribution in [3.63, 3.8) is 0 Å². The summed E-state index contributed by atoms with van der Waals surface area (Å²) in [5.74, 6) is 0.00737. The zero-order chi connectivity index (χ0) is 12.7. The predicted molar refractivity (Wildman–Crippen MR) is 59.9 cm³/mol. The van der Waals surface area contributed by atoms with E-state index in [2.05, 4.69) is 15.0 Å². The first-order chi connectivity index (χ1) is 8.69. The van der Waals surface area contributed by atoms with Gasteiger partial charge in [0.1, 0.15) is 6.23 Å². The molecule has 18 heavy (non-hydrogen) atoms. The normalized spacial score (nSPS) is 23.9. The van der Waals surface area contributed by atoms with Gasteiger partial charge < -0.3 is 15.6 Å². The van der Waals surface area contributed by atoms with E-state index in [-0.39, 0.29) is 24.8 Å². The molecule has 0 saturated carbocycles. The lowest BCUT2D eigenvalue weighted by Crippen LogP contribution is -2.14. The number of rotatable bonds is 2. The Kier molecular flexibility index (Phi) is 2.60. The first-order valence-corrected chi connectivity index (χ1v) is 5.61. The lowest BCUT2D eigenvalue weighted by molar-refractivity contribution is -0.0207. The molecule has 2 aromatic rings. The number of aromatic nitrogens is 4. The zero-order valence-electron chi connectivity index (χ0n) is 9.45. The molecule has 2 atom stereocenters. The standard InChI is InChI=1S/C10H12FN5O2/c11-10-14-8(12)7-9(15-10)16(4-13-7)6-2-1-5(3-17)18-6/h4-6,17H,1-3H2,(H2,12,14,15). The Labute approximate surface area is 101 Å². The summed E-state index contributed by atoms with van der Waals surface area (Å²) in [5, 5.41) is 9.03. The number of ether oxygens (including phenoxy) is 1. The van der Waals surface area contributed by atoms with Gasteiger partial charge >= 0.3 is 6.08 Å². The number of halogens is 1. The maximum atomic E-state index is 13.2. The highest BCUT2D eigenvalue weighted by atomic mass is 19.1. The third-order valence-electron chi connectivity index (χ3n) is 3.02. The van der Waals surface area contributed by atoms with Gasteiger partial charge in [0.25, 0.3) is 0 Å². The first-order valence-electron chi connectivity index (χ1n) is 5.61. The summed E-state index contributed by atoms with van der Waals surface area (Å²) in [6, 6.07) is 0. The molecule has 1 fully saturated rings. The molecule has 0 amide bonds. The van der Waals surface area contributed by atoms with Crippen molar-refractivity contribution in [3.8, 4) is 0 Å². The van der Waals surface area contributed by atoms with Crippen molar-refractivity contribution in [3.05, 3.63) is 12.4 Å². The van der Waals surface area contributed by atoms with Crippen molar-refractivity contribution in [2.45, 2.75) is 25.2 Å². The first kappa shape index (κ1) is 11.3. The van der Waals surface area contributed by atoms with Gasteiger partial charge in [-0.05, 0) is 12.8 Å². The highest BCUT2D eigenvalue weighted by molar-refractivity contribution is 5.81. The van der Waals surface area contributed by atoms with Gasteiger partial charge in [-0.3, -0.25) is 4.57 Å². The number of nitrogen functional groups attached to an aromatic ring is 1. The average molecular weight is 253 g/mol. The number of aliphatic hydroxyl groups excluding tert-OH is 1. The van der Waals surface area contributed by atoms with Crippen LogP contribution in [0.15, 0.2) is 6.33 Å². The highest BCUT2D eigenvalue weighted by Crippen LogP contribution is 2.30. The van der Waals surface area contributed by atoms with Gasteiger partial charge in [0.05, 0.1) is 19.0 Å². The van der Waals surface area contributed by atoms with Crippen LogP contribution < -0.4 is 5.73 Å². The van der Waals surface area contributed by atoms with Crippen LogP contribution >= 0.6 is 0 Å². The Morgan fingerprint density at radius 1 is 1.50 bits per heavy atom. The van der Waals surface area contributed by atoms with Crippen LogP contribution in [0.1, 0.15) is 19.1 Å². The summed E-state index contributed by atoms with van der Waals surface area (Å²) < 4.78 is 20.4. The molecule has 0 radical (unpaired) electrons. The fraction of sp³-hybridized carbons (Fsp3) is 0.500. The minimum Gasteiger partial charge on any atom is -0.394 e. The Balaban J connectivity index is 2.03. The molecule has 3 N–H and O–H groups in total. The quantitative estimate of drug-likeness (QED) is 0.743. The van der Waals surface area contributed by atoms with Gasteiger partial charge in [0.15, 0.2) is 17.0 Å². The summed E-state index contributed by atoms with van der Waals surface area (Å²) >= 11 is 0. The molecule has 7 nitrogen and oxygen atoms in total. The van der Waals surface area contributed by atoms with Crippen molar-refractivity contribution in [1.82, 2.24) is 19.5 Å². The number of anilines is 1. The van der Waals surface area contributed by atoms with Gasteiger partial charge in [-0.1, -0.05) is 0 Å². The van der Waals surface area contributed by atoms with E-state index in [1.54, 1.807) is 4.57 Å². The fourth-order valence-electron chi connectivity index (χ4n) is 2.15. The van der Waals surface area contributed by atoms with E-state index >= 15 is 0 Å². The Bertz CT molecular complexity index is 587. The van der Waals surface area contributed by atoms with Crippen LogP contribution in [0.4, 0.5) is 10.2 Å². The number of imidazole rings is 1. The van der Waals surface area contributed by atoms with Crippen LogP contribution in [0.25, 0.3) is 11.2 Å². The molecule has 2 unspecified atom stereocenters. The summed E-state index contributed by atoms with van der Waals surface area (Å²) in [4.78, 5) is 11.2. The Hall–Kier alpha value is -1.80. The van der Waals surface area contributed by atoms with E-state index in [1.165, 1.54) is 6.33 Å². The summed E-state index contributed by atoms with van der Waals surface area (Å²) in [5.41, 5.74) is 6.24. The van der Waals surface area contributed by atoms with E-state index in [0.29, 0.717) is 17.6 Å².